The number of rotatable bonds is 9. The minimum Gasteiger partial charge on any atom is -0.494 e. The van der Waals surface area contributed by atoms with Crippen LogP contribution in [-0.2, 0) is 0 Å². The fraction of sp³-hybridized carbons (Fsp3) is 0.588. The largest absolute Gasteiger partial charge is 0.494 e. The van der Waals surface area contributed by atoms with Gasteiger partial charge < -0.3 is 10.1 Å². The van der Waals surface area contributed by atoms with Crippen LogP contribution in [0.4, 0.5) is 0 Å². The predicted molar refractivity (Wildman–Crippen MR) is 81.2 cm³/mol. The summed E-state index contributed by atoms with van der Waals surface area (Å²) >= 11 is 0. The average molecular weight is 275 g/mol. The molecule has 2 rings (SSSR count). The Morgan fingerprint density at radius 3 is 2.50 bits per heavy atom. The van der Waals surface area contributed by atoms with Crippen molar-refractivity contribution in [3.05, 3.63) is 29.8 Å². The summed E-state index contributed by atoms with van der Waals surface area (Å²) < 4.78 is 5.68. The summed E-state index contributed by atoms with van der Waals surface area (Å²) in [4.78, 5) is 11.8. The molecule has 1 N–H and O–H groups in total. The van der Waals surface area contributed by atoms with Gasteiger partial charge in [-0.1, -0.05) is 32.6 Å². The van der Waals surface area contributed by atoms with Gasteiger partial charge in [0.05, 0.1) is 6.61 Å². The van der Waals surface area contributed by atoms with Crippen molar-refractivity contribution in [1.82, 2.24) is 5.32 Å². The summed E-state index contributed by atoms with van der Waals surface area (Å²) in [5.41, 5.74) is 0.715. The van der Waals surface area contributed by atoms with Gasteiger partial charge in [0.1, 0.15) is 5.75 Å². The van der Waals surface area contributed by atoms with Crippen molar-refractivity contribution >= 4 is 5.91 Å². The maximum atomic E-state index is 11.8. The van der Waals surface area contributed by atoms with Gasteiger partial charge in [0.15, 0.2) is 0 Å². The lowest BCUT2D eigenvalue weighted by Gasteiger charge is -2.07. The second-order valence-electron chi connectivity index (χ2n) is 5.53. The van der Waals surface area contributed by atoms with Crippen LogP contribution in [-0.4, -0.2) is 18.6 Å². The highest BCUT2D eigenvalue weighted by atomic mass is 16.5. The molecule has 0 saturated heterocycles. The van der Waals surface area contributed by atoms with Crippen LogP contribution in [0.2, 0.25) is 0 Å². The van der Waals surface area contributed by atoms with Gasteiger partial charge in [-0.3, -0.25) is 4.79 Å². The SMILES string of the molecule is CCCCCCCOc1ccc(C(=O)NC2CC2)cc1. The summed E-state index contributed by atoms with van der Waals surface area (Å²) in [6, 6.07) is 7.84. The first-order chi connectivity index (χ1) is 9.79. The van der Waals surface area contributed by atoms with Gasteiger partial charge in [-0.25, -0.2) is 0 Å². The number of hydrogen-bond acceptors (Lipinski definition) is 2. The molecule has 0 unspecified atom stereocenters. The second kappa shape index (κ2) is 7.93. The van der Waals surface area contributed by atoms with Crippen LogP contribution in [0.1, 0.15) is 62.2 Å². The van der Waals surface area contributed by atoms with E-state index in [-0.39, 0.29) is 5.91 Å². The van der Waals surface area contributed by atoms with Crippen molar-refractivity contribution in [2.75, 3.05) is 6.61 Å². The van der Waals surface area contributed by atoms with Crippen molar-refractivity contribution in [3.8, 4) is 5.75 Å². The molecular weight excluding hydrogens is 250 g/mol. The second-order valence-corrected chi connectivity index (χ2v) is 5.53. The fourth-order valence-electron chi connectivity index (χ4n) is 2.09. The number of nitrogens with one attached hydrogen (secondary N) is 1. The first-order valence-corrected chi connectivity index (χ1v) is 7.83. The first-order valence-electron chi connectivity index (χ1n) is 7.83. The Morgan fingerprint density at radius 1 is 1.15 bits per heavy atom. The molecule has 0 atom stereocenters. The number of ether oxygens (including phenoxy) is 1. The lowest BCUT2D eigenvalue weighted by atomic mass is 10.2. The van der Waals surface area contributed by atoms with E-state index in [1.165, 1.54) is 25.7 Å². The molecule has 3 heteroatoms. The quantitative estimate of drug-likeness (QED) is 0.693. The standard InChI is InChI=1S/C17H25NO2/c1-2-3-4-5-6-13-20-16-11-7-14(8-12-16)17(19)18-15-9-10-15/h7-8,11-12,15H,2-6,9-10,13H2,1H3,(H,18,19). The third-order valence-corrected chi connectivity index (χ3v) is 3.55. The lowest BCUT2D eigenvalue weighted by molar-refractivity contribution is 0.0951. The lowest BCUT2D eigenvalue weighted by Crippen LogP contribution is -2.25. The highest BCUT2D eigenvalue weighted by molar-refractivity contribution is 5.94. The molecule has 1 aliphatic carbocycles. The van der Waals surface area contributed by atoms with Crippen molar-refractivity contribution in [2.24, 2.45) is 0 Å². The Morgan fingerprint density at radius 2 is 1.85 bits per heavy atom. The van der Waals surface area contributed by atoms with Crippen molar-refractivity contribution in [1.29, 1.82) is 0 Å². The molecule has 0 aliphatic heterocycles. The molecule has 1 aromatic rings. The third-order valence-electron chi connectivity index (χ3n) is 3.55. The van der Waals surface area contributed by atoms with Gasteiger partial charge in [-0.15, -0.1) is 0 Å². The molecular formula is C17H25NO2. The van der Waals surface area contributed by atoms with E-state index in [9.17, 15) is 4.79 Å². The molecule has 20 heavy (non-hydrogen) atoms. The molecule has 1 fully saturated rings. The molecule has 110 valence electrons. The fourth-order valence-corrected chi connectivity index (χ4v) is 2.09. The van der Waals surface area contributed by atoms with Gasteiger partial charge in [0, 0.05) is 11.6 Å². The predicted octanol–water partition coefficient (Wildman–Crippen LogP) is 3.93. The summed E-state index contributed by atoms with van der Waals surface area (Å²) in [6.07, 6.45) is 8.44. The highest BCUT2D eigenvalue weighted by Gasteiger charge is 2.23. The maximum absolute atomic E-state index is 11.8. The molecule has 1 amide bonds. The van der Waals surface area contributed by atoms with Crippen LogP contribution >= 0.6 is 0 Å². The van der Waals surface area contributed by atoms with E-state index in [4.69, 9.17) is 4.74 Å². The van der Waals surface area contributed by atoms with E-state index in [0.29, 0.717) is 11.6 Å². The van der Waals surface area contributed by atoms with E-state index >= 15 is 0 Å². The number of carbonyl (C=O) groups is 1. The summed E-state index contributed by atoms with van der Waals surface area (Å²) in [6.45, 7) is 2.98. The van der Waals surface area contributed by atoms with Gasteiger partial charge in [0.25, 0.3) is 5.91 Å². The van der Waals surface area contributed by atoms with E-state index in [2.05, 4.69) is 12.2 Å². The third kappa shape index (κ3) is 5.24. The van der Waals surface area contributed by atoms with Crippen LogP contribution in [0, 0.1) is 0 Å². The summed E-state index contributed by atoms with van der Waals surface area (Å²) in [5, 5.41) is 2.98. The smallest absolute Gasteiger partial charge is 0.251 e. The average Bonchev–Trinajstić information content (AvgIpc) is 3.27. The van der Waals surface area contributed by atoms with Gasteiger partial charge in [0.2, 0.25) is 0 Å². The maximum Gasteiger partial charge on any atom is 0.251 e. The van der Waals surface area contributed by atoms with Crippen LogP contribution < -0.4 is 10.1 Å². The van der Waals surface area contributed by atoms with Gasteiger partial charge in [-0.2, -0.15) is 0 Å². The Kier molecular flexibility index (Phi) is 5.90. The molecule has 3 nitrogen and oxygen atoms in total. The molecule has 0 aromatic heterocycles. The highest BCUT2D eigenvalue weighted by Crippen LogP contribution is 2.20. The Balaban J connectivity index is 1.66. The van der Waals surface area contributed by atoms with Crippen molar-refractivity contribution in [2.45, 2.75) is 57.9 Å². The Labute approximate surface area is 121 Å². The van der Waals surface area contributed by atoms with E-state index in [0.717, 1.165) is 31.6 Å². The molecule has 0 radical (unpaired) electrons. The molecule has 1 saturated carbocycles. The number of unbranched alkanes of at least 4 members (excludes halogenated alkanes) is 4. The van der Waals surface area contributed by atoms with E-state index in [1.54, 1.807) is 0 Å². The minimum atomic E-state index is 0.0265. The zero-order chi connectivity index (χ0) is 14.2. The summed E-state index contributed by atoms with van der Waals surface area (Å²) in [7, 11) is 0. The van der Waals surface area contributed by atoms with E-state index < -0.39 is 0 Å². The van der Waals surface area contributed by atoms with Crippen molar-refractivity contribution in [3.63, 3.8) is 0 Å². The Hall–Kier alpha value is -1.51. The van der Waals surface area contributed by atoms with Crippen LogP contribution in [0.25, 0.3) is 0 Å². The monoisotopic (exact) mass is 275 g/mol. The first kappa shape index (κ1) is 14.9. The molecule has 0 heterocycles. The molecule has 0 bridgehead atoms. The molecule has 1 aliphatic rings. The van der Waals surface area contributed by atoms with Gasteiger partial charge in [-0.05, 0) is 43.5 Å². The number of hydrogen-bond donors (Lipinski definition) is 1. The summed E-state index contributed by atoms with van der Waals surface area (Å²) in [5.74, 6) is 0.877. The topological polar surface area (TPSA) is 38.3 Å². The van der Waals surface area contributed by atoms with E-state index in [1.807, 2.05) is 24.3 Å². The van der Waals surface area contributed by atoms with Crippen LogP contribution in [0.5, 0.6) is 5.75 Å². The van der Waals surface area contributed by atoms with Crippen LogP contribution in [0.3, 0.4) is 0 Å². The number of benzene rings is 1. The van der Waals surface area contributed by atoms with Gasteiger partial charge >= 0.3 is 0 Å². The zero-order valence-corrected chi connectivity index (χ0v) is 12.4. The molecule has 0 spiro atoms. The molecule has 1 aromatic carbocycles. The Bertz CT molecular complexity index is 410. The van der Waals surface area contributed by atoms with Crippen LogP contribution in [0.15, 0.2) is 24.3 Å². The zero-order valence-electron chi connectivity index (χ0n) is 12.4. The normalized spacial score (nSPS) is 14.1. The van der Waals surface area contributed by atoms with Crippen molar-refractivity contribution < 1.29 is 9.53 Å². The number of carbonyl (C=O) groups excluding carboxylic acids is 1. The number of amides is 1. The minimum absolute atomic E-state index is 0.0265.